The van der Waals surface area contributed by atoms with Crippen LogP contribution >= 0.6 is 0 Å². The van der Waals surface area contributed by atoms with Crippen LogP contribution in [-0.4, -0.2) is 39.7 Å². The topological polar surface area (TPSA) is 55.3 Å². The highest BCUT2D eigenvalue weighted by atomic mass is 16.6. The van der Waals surface area contributed by atoms with E-state index in [0.29, 0.717) is 6.54 Å². The summed E-state index contributed by atoms with van der Waals surface area (Å²) in [4.78, 5) is 22.7. The molecule has 0 bridgehead atoms. The average Bonchev–Trinajstić information content (AvgIpc) is 2.37. The lowest BCUT2D eigenvalue weighted by Crippen LogP contribution is -2.42. The van der Waals surface area contributed by atoms with E-state index in [2.05, 4.69) is 9.97 Å². The van der Waals surface area contributed by atoms with E-state index in [9.17, 15) is 4.79 Å². The number of nitrogens with zero attached hydrogens (tertiary/aromatic N) is 3. The minimum Gasteiger partial charge on any atom is -0.444 e. The van der Waals surface area contributed by atoms with Gasteiger partial charge >= 0.3 is 6.09 Å². The Kier molecular flexibility index (Phi) is 4.26. The van der Waals surface area contributed by atoms with Crippen LogP contribution in [0.15, 0.2) is 12.3 Å². The summed E-state index contributed by atoms with van der Waals surface area (Å²) < 4.78 is 5.43. The summed E-state index contributed by atoms with van der Waals surface area (Å²) in [5.74, 6) is 1.04. The molecule has 0 aliphatic carbocycles. The van der Waals surface area contributed by atoms with Crippen LogP contribution in [0.2, 0.25) is 0 Å². The zero-order valence-corrected chi connectivity index (χ0v) is 12.7. The molecule has 20 heavy (non-hydrogen) atoms. The van der Waals surface area contributed by atoms with Crippen LogP contribution in [0.25, 0.3) is 0 Å². The van der Waals surface area contributed by atoms with Crippen molar-refractivity contribution in [2.45, 2.75) is 52.1 Å². The second-order valence-electron chi connectivity index (χ2n) is 6.32. The Morgan fingerprint density at radius 1 is 1.45 bits per heavy atom. The fourth-order valence-corrected chi connectivity index (χ4v) is 2.35. The van der Waals surface area contributed by atoms with Gasteiger partial charge in [0.25, 0.3) is 0 Å². The second kappa shape index (κ2) is 5.77. The van der Waals surface area contributed by atoms with Gasteiger partial charge in [-0.05, 0) is 46.6 Å². The zero-order chi connectivity index (χ0) is 14.8. The van der Waals surface area contributed by atoms with Crippen LogP contribution in [0.5, 0.6) is 0 Å². The molecule has 1 aliphatic heterocycles. The van der Waals surface area contributed by atoms with Gasteiger partial charge in [-0.1, -0.05) is 0 Å². The fraction of sp³-hybridized carbons (Fsp3) is 0.667. The molecule has 2 rings (SSSR count). The van der Waals surface area contributed by atoms with Gasteiger partial charge in [0.15, 0.2) is 0 Å². The molecule has 0 N–H and O–H groups in total. The summed E-state index contributed by atoms with van der Waals surface area (Å²) in [6.45, 7) is 9.00. The molecule has 0 aromatic carbocycles. The molecule has 1 amide bonds. The molecule has 1 atom stereocenters. The molecule has 110 valence electrons. The van der Waals surface area contributed by atoms with Gasteiger partial charge in [0.2, 0.25) is 0 Å². The number of piperidine rings is 1. The van der Waals surface area contributed by atoms with Crippen molar-refractivity contribution in [3.8, 4) is 0 Å². The number of ether oxygens (including phenoxy) is 1. The molecule has 1 fully saturated rings. The third-order valence-corrected chi connectivity index (χ3v) is 3.25. The molecular formula is C15H23N3O2. The van der Waals surface area contributed by atoms with Crippen LogP contribution in [-0.2, 0) is 4.74 Å². The molecule has 5 nitrogen and oxygen atoms in total. The summed E-state index contributed by atoms with van der Waals surface area (Å²) >= 11 is 0. The van der Waals surface area contributed by atoms with Crippen molar-refractivity contribution in [2.75, 3.05) is 13.1 Å². The maximum atomic E-state index is 12.1. The lowest BCUT2D eigenvalue weighted by atomic mass is 9.97. The van der Waals surface area contributed by atoms with Crippen molar-refractivity contribution < 1.29 is 9.53 Å². The van der Waals surface area contributed by atoms with Gasteiger partial charge in [-0.3, -0.25) is 0 Å². The lowest BCUT2D eigenvalue weighted by molar-refractivity contribution is 0.0196. The van der Waals surface area contributed by atoms with Gasteiger partial charge in [0, 0.05) is 30.9 Å². The molecule has 0 radical (unpaired) electrons. The molecule has 2 heterocycles. The third-order valence-electron chi connectivity index (χ3n) is 3.25. The number of aryl methyl sites for hydroxylation is 1. The Bertz CT molecular complexity index is 482. The van der Waals surface area contributed by atoms with Gasteiger partial charge in [-0.2, -0.15) is 0 Å². The standard InChI is InChI=1S/C15H23N3O2/c1-11-7-8-16-13(17-11)12-6-5-9-18(10-12)14(19)20-15(2,3)4/h7-8,12H,5-6,9-10H2,1-4H3/t12-/m0/s1. The van der Waals surface area contributed by atoms with Gasteiger partial charge in [0.05, 0.1) is 0 Å². The molecule has 5 heteroatoms. The van der Waals surface area contributed by atoms with E-state index in [0.717, 1.165) is 30.9 Å². The van der Waals surface area contributed by atoms with Crippen LogP contribution in [0.1, 0.15) is 51.0 Å². The third kappa shape index (κ3) is 3.92. The molecule has 0 spiro atoms. The smallest absolute Gasteiger partial charge is 0.410 e. The zero-order valence-electron chi connectivity index (χ0n) is 12.7. The average molecular weight is 277 g/mol. The van der Waals surface area contributed by atoms with Crippen LogP contribution in [0.3, 0.4) is 0 Å². The number of carbonyl (C=O) groups excluding carboxylic acids is 1. The summed E-state index contributed by atoms with van der Waals surface area (Å²) in [5, 5.41) is 0. The van der Waals surface area contributed by atoms with Crippen molar-refractivity contribution in [3.05, 3.63) is 23.8 Å². The monoisotopic (exact) mass is 277 g/mol. The number of amides is 1. The lowest BCUT2D eigenvalue weighted by Gasteiger charge is -2.33. The highest BCUT2D eigenvalue weighted by molar-refractivity contribution is 5.68. The quantitative estimate of drug-likeness (QED) is 0.792. The normalized spacial score (nSPS) is 19.8. The van der Waals surface area contributed by atoms with Crippen LogP contribution in [0, 0.1) is 6.92 Å². The number of aromatic nitrogens is 2. The minimum absolute atomic E-state index is 0.205. The highest BCUT2D eigenvalue weighted by Crippen LogP contribution is 2.25. The Hall–Kier alpha value is -1.65. The summed E-state index contributed by atoms with van der Waals surface area (Å²) in [7, 11) is 0. The Morgan fingerprint density at radius 2 is 2.20 bits per heavy atom. The van der Waals surface area contributed by atoms with E-state index < -0.39 is 5.60 Å². The summed E-state index contributed by atoms with van der Waals surface area (Å²) in [6.07, 6.45) is 3.52. The van der Waals surface area contributed by atoms with Crippen LogP contribution < -0.4 is 0 Å². The predicted octanol–water partition coefficient (Wildman–Crippen LogP) is 2.90. The minimum atomic E-state index is -0.455. The molecule has 1 saturated heterocycles. The van der Waals surface area contributed by atoms with Crippen molar-refractivity contribution in [1.82, 2.24) is 14.9 Å². The van der Waals surface area contributed by atoms with Crippen molar-refractivity contribution in [3.63, 3.8) is 0 Å². The van der Waals surface area contributed by atoms with Gasteiger partial charge in [-0.25, -0.2) is 14.8 Å². The van der Waals surface area contributed by atoms with Gasteiger partial charge < -0.3 is 9.64 Å². The molecule has 0 unspecified atom stereocenters. The van der Waals surface area contributed by atoms with Crippen LogP contribution in [0.4, 0.5) is 4.79 Å². The number of rotatable bonds is 1. The number of hydrogen-bond acceptors (Lipinski definition) is 4. The number of likely N-dealkylation sites (tertiary alicyclic amines) is 1. The van der Waals surface area contributed by atoms with Gasteiger partial charge in [-0.15, -0.1) is 0 Å². The highest BCUT2D eigenvalue weighted by Gasteiger charge is 2.29. The Balaban J connectivity index is 2.03. The predicted molar refractivity (Wildman–Crippen MR) is 76.6 cm³/mol. The molecule has 1 aromatic heterocycles. The first-order valence-electron chi connectivity index (χ1n) is 7.12. The van der Waals surface area contributed by atoms with E-state index >= 15 is 0 Å². The molecule has 1 aromatic rings. The van der Waals surface area contributed by atoms with Crippen molar-refractivity contribution in [1.29, 1.82) is 0 Å². The Labute approximate surface area is 120 Å². The molecule has 1 aliphatic rings. The first-order valence-corrected chi connectivity index (χ1v) is 7.12. The first-order chi connectivity index (χ1) is 9.35. The van der Waals surface area contributed by atoms with Gasteiger partial charge in [0.1, 0.15) is 11.4 Å². The first kappa shape index (κ1) is 14.8. The Morgan fingerprint density at radius 3 is 2.85 bits per heavy atom. The van der Waals surface area contributed by atoms with E-state index in [1.807, 2.05) is 33.8 Å². The second-order valence-corrected chi connectivity index (χ2v) is 6.32. The number of carbonyl (C=O) groups is 1. The molecular weight excluding hydrogens is 254 g/mol. The summed E-state index contributed by atoms with van der Waals surface area (Å²) in [5.41, 5.74) is 0.508. The van der Waals surface area contributed by atoms with Crippen molar-refractivity contribution >= 4 is 6.09 Å². The SMILES string of the molecule is Cc1ccnc([C@H]2CCCN(C(=O)OC(C)(C)C)C2)n1. The maximum Gasteiger partial charge on any atom is 0.410 e. The molecule has 0 saturated carbocycles. The van der Waals surface area contributed by atoms with E-state index in [1.54, 1.807) is 11.1 Å². The summed E-state index contributed by atoms with van der Waals surface area (Å²) in [6, 6.07) is 1.89. The van der Waals surface area contributed by atoms with E-state index in [1.165, 1.54) is 0 Å². The fourth-order valence-electron chi connectivity index (χ4n) is 2.35. The van der Waals surface area contributed by atoms with E-state index in [-0.39, 0.29) is 12.0 Å². The number of hydrogen-bond donors (Lipinski definition) is 0. The largest absolute Gasteiger partial charge is 0.444 e. The maximum absolute atomic E-state index is 12.1. The van der Waals surface area contributed by atoms with E-state index in [4.69, 9.17) is 4.74 Å². The van der Waals surface area contributed by atoms with Crippen molar-refractivity contribution in [2.24, 2.45) is 0 Å².